The Morgan fingerprint density at radius 3 is 2.56 bits per heavy atom. The lowest BCUT2D eigenvalue weighted by atomic mass is 10.1. The van der Waals surface area contributed by atoms with Crippen molar-refractivity contribution >= 4 is 29.2 Å². The first-order chi connectivity index (χ1) is 15.3. The van der Waals surface area contributed by atoms with E-state index >= 15 is 0 Å². The Balaban J connectivity index is 1.39. The molecule has 3 amide bonds. The molecule has 1 aromatic carbocycles. The van der Waals surface area contributed by atoms with Crippen LogP contribution < -0.4 is 10.6 Å². The van der Waals surface area contributed by atoms with E-state index in [1.165, 1.54) is 4.90 Å². The molecule has 4 rings (SSSR count). The number of β-amino-alcohol motifs (C(OH)–C–C–N with tert-alkyl or cyclic N) is 1. The van der Waals surface area contributed by atoms with Crippen molar-refractivity contribution in [2.45, 2.75) is 50.9 Å². The third-order valence-corrected chi connectivity index (χ3v) is 6.91. The van der Waals surface area contributed by atoms with E-state index in [9.17, 15) is 19.5 Å². The highest BCUT2D eigenvalue weighted by atomic mass is 32.1. The van der Waals surface area contributed by atoms with Gasteiger partial charge in [0, 0.05) is 19.5 Å². The lowest BCUT2D eigenvalue weighted by Gasteiger charge is -2.28. The second kappa shape index (κ2) is 9.25. The molecule has 170 valence electrons. The first-order valence-electron chi connectivity index (χ1n) is 10.6. The number of hydrogen-bond acceptors (Lipinski definition) is 6. The first-order valence-corrected chi connectivity index (χ1v) is 11.5. The van der Waals surface area contributed by atoms with Gasteiger partial charge in [-0.1, -0.05) is 24.3 Å². The topological polar surface area (TPSA) is 132 Å². The second-order valence-electron chi connectivity index (χ2n) is 8.34. The van der Waals surface area contributed by atoms with Crippen molar-refractivity contribution in [1.82, 2.24) is 20.5 Å². The Morgan fingerprint density at radius 1 is 1.25 bits per heavy atom. The number of carboxylic acid groups (broad SMARTS) is 1. The zero-order valence-corrected chi connectivity index (χ0v) is 18.5. The van der Waals surface area contributed by atoms with E-state index in [0.29, 0.717) is 0 Å². The molecule has 1 saturated heterocycles. The highest BCUT2D eigenvalue weighted by Crippen LogP contribution is 2.34. The Labute approximate surface area is 189 Å². The number of nitrogens with one attached hydrogen (secondary N) is 2. The standard InChI is InChI=1S/C22H26N4O5S/c1-12-19(32-11-24-12)15-4-2-13(3-5-15)9-23-20(28)17-8-16(27)10-26(17)21(29)18(14-6-7-14)25-22(30)31/h2-5,11,14,16-18,25,27H,6-10H2,1H3,(H,23,28)(H,30,31)/t16-,17+,18?/m1/s1. The molecule has 0 spiro atoms. The summed E-state index contributed by atoms with van der Waals surface area (Å²) in [6.07, 6.45) is -0.428. The summed E-state index contributed by atoms with van der Waals surface area (Å²) in [4.78, 5) is 43.6. The number of nitrogens with zero attached hydrogens (tertiary/aromatic N) is 2. The molecular formula is C22H26N4O5S. The number of aliphatic hydroxyl groups is 1. The number of rotatable bonds is 7. The van der Waals surface area contributed by atoms with Crippen molar-refractivity contribution in [3.63, 3.8) is 0 Å². The van der Waals surface area contributed by atoms with Crippen LogP contribution in [0.2, 0.25) is 0 Å². The van der Waals surface area contributed by atoms with Gasteiger partial charge in [-0.2, -0.15) is 0 Å². The molecule has 0 bridgehead atoms. The first kappa shape index (κ1) is 22.2. The van der Waals surface area contributed by atoms with E-state index in [4.69, 9.17) is 5.11 Å². The monoisotopic (exact) mass is 458 g/mol. The van der Waals surface area contributed by atoms with Gasteiger partial charge in [-0.3, -0.25) is 9.59 Å². The Hall–Kier alpha value is -2.98. The normalized spacial score (nSPS) is 21.2. The number of aromatic nitrogens is 1. The molecule has 2 fully saturated rings. The fourth-order valence-corrected chi connectivity index (χ4v) is 4.90. The second-order valence-corrected chi connectivity index (χ2v) is 9.20. The number of hydrogen-bond donors (Lipinski definition) is 4. The van der Waals surface area contributed by atoms with Gasteiger partial charge >= 0.3 is 6.09 Å². The van der Waals surface area contributed by atoms with Crippen LogP contribution in [0, 0.1) is 12.8 Å². The predicted molar refractivity (Wildman–Crippen MR) is 118 cm³/mol. The summed E-state index contributed by atoms with van der Waals surface area (Å²) in [7, 11) is 0. The largest absolute Gasteiger partial charge is 0.465 e. The van der Waals surface area contributed by atoms with Gasteiger partial charge in [-0.25, -0.2) is 9.78 Å². The minimum Gasteiger partial charge on any atom is -0.465 e. The molecule has 2 aliphatic rings. The summed E-state index contributed by atoms with van der Waals surface area (Å²) in [6.45, 7) is 2.27. The van der Waals surface area contributed by atoms with Crippen molar-refractivity contribution in [3.05, 3.63) is 41.0 Å². The fourth-order valence-electron chi connectivity index (χ4n) is 4.09. The van der Waals surface area contributed by atoms with Crippen molar-refractivity contribution in [2.24, 2.45) is 5.92 Å². The lowest BCUT2D eigenvalue weighted by molar-refractivity contribution is -0.140. The van der Waals surface area contributed by atoms with E-state index in [-0.39, 0.29) is 31.3 Å². The number of aliphatic hydroxyl groups excluding tert-OH is 1. The molecule has 1 aromatic heterocycles. The maximum absolute atomic E-state index is 13.0. The highest BCUT2D eigenvalue weighted by molar-refractivity contribution is 7.13. The molecular weight excluding hydrogens is 432 g/mol. The van der Waals surface area contributed by atoms with Crippen LogP contribution >= 0.6 is 11.3 Å². The minimum absolute atomic E-state index is 0.0182. The summed E-state index contributed by atoms with van der Waals surface area (Å²) in [5, 5.41) is 24.3. The van der Waals surface area contributed by atoms with E-state index in [2.05, 4.69) is 15.6 Å². The third-order valence-electron chi connectivity index (χ3n) is 5.93. The molecule has 32 heavy (non-hydrogen) atoms. The number of carbonyl (C=O) groups excluding carboxylic acids is 2. The molecule has 4 N–H and O–H groups in total. The number of likely N-dealkylation sites (tertiary alicyclic amines) is 1. The van der Waals surface area contributed by atoms with Gasteiger partial charge in [0.2, 0.25) is 11.8 Å². The molecule has 1 aliphatic carbocycles. The molecule has 3 atom stereocenters. The number of amides is 3. The number of carbonyl (C=O) groups is 3. The van der Waals surface area contributed by atoms with Crippen LogP contribution in [0.3, 0.4) is 0 Å². The minimum atomic E-state index is -1.27. The van der Waals surface area contributed by atoms with E-state index < -0.39 is 30.2 Å². The van der Waals surface area contributed by atoms with Crippen LogP contribution in [0.15, 0.2) is 29.8 Å². The maximum atomic E-state index is 13.0. The van der Waals surface area contributed by atoms with E-state index in [1.807, 2.05) is 36.7 Å². The molecule has 1 saturated carbocycles. The average molecular weight is 459 g/mol. The smallest absolute Gasteiger partial charge is 0.405 e. The van der Waals surface area contributed by atoms with Crippen LogP contribution in [0.1, 0.15) is 30.5 Å². The van der Waals surface area contributed by atoms with Crippen molar-refractivity contribution in [3.8, 4) is 10.4 Å². The van der Waals surface area contributed by atoms with Crippen LogP contribution in [0.4, 0.5) is 4.79 Å². The SMILES string of the molecule is Cc1ncsc1-c1ccc(CNC(=O)[C@@H]2C[C@@H](O)CN2C(=O)C(NC(=O)O)C2CC2)cc1. The predicted octanol–water partition coefficient (Wildman–Crippen LogP) is 1.74. The van der Waals surface area contributed by atoms with Crippen LogP contribution in [0.5, 0.6) is 0 Å². The van der Waals surface area contributed by atoms with Crippen LogP contribution in [0.25, 0.3) is 10.4 Å². The maximum Gasteiger partial charge on any atom is 0.405 e. The molecule has 2 heterocycles. The molecule has 1 aliphatic heterocycles. The van der Waals surface area contributed by atoms with Crippen molar-refractivity contribution in [2.75, 3.05) is 6.54 Å². The van der Waals surface area contributed by atoms with Gasteiger partial charge < -0.3 is 25.7 Å². The Morgan fingerprint density at radius 2 is 1.97 bits per heavy atom. The van der Waals surface area contributed by atoms with Gasteiger partial charge in [-0.15, -0.1) is 11.3 Å². The zero-order valence-electron chi connectivity index (χ0n) is 17.7. The van der Waals surface area contributed by atoms with Gasteiger partial charge in [-0.05, 0) is 36.8 Å². The highest BCUT2D eigenvalue weighted by Gasteiger charge is 2.45. The average Bonchev–Trinajstić information content (AvgIpc) is 3.40. The van der Waals surface area contributed by atoms with Crippen molar-refractivity contribution < 1.29 is 24.6 Å². The molecule has 1 unspecified atom stereocenters. The fraction of sp³-hybridized carbons (Fsp3) is 0.455. The van der Waals surface area contributed by atoms with Gasteiger partial charge in [0.1, 0.15) is 12.1 Å². The van der Waals surface area contributed by atoms with Gasteiger partial charge in [0.15, 0.2) is 0 Å². The molecule has 10 heteroatoms. The van der Waals surface area contributed by atoms with E-state index in [1.54, 1.807) is 11.3 Å². The lowest BCUT2D eigenvalue weighted by Crippen LogP contribution is -2.54. The third kappa shape index (κ3) is 4.91. The van der Waals surface area contributed by atoms with Crippen LogP contribution in [-0.4, -0.2) is 62.7 Å². The summed E-state index contributed by atoms with van der Waals surface area (Å²) in [5.74, 6) is -0.862. The molecule has 9 nitrogen and oxygen atoms in total. The van der Waals surface area contributed by atoms with E-state index in [0.717, 1.165) is 34.5 Å². The summed E-state index contributed by atoms with van der Waals surface area (Å²) in [6, 6.07) is 6.12. The van der Waals surface area contributed by atoms with Crippen molar-refractivity contribution in [1.29, 1.82) is 0 Å². The summed E-state index contributed by atoms with van der Waals surface area (Å²) >= 11 is 1.58. The van der Waals surface area contributed by atoms with Gasteiger partial charge in [0.25, 0.3) is 0 Å². The number of benzene rings is 1. The Kier molecular flexibility index (Phi) is 6.43. The molecule has 2 aromatic rings. The quantitative estimate of drug-likeness (QED) is 0.500. The molecule has 0 radical (unpaired) electrons. The summed E-state index contributed by atoms with van der Waals surface area (Å²) in [5.41, 5.74) is 4.75. The van der Waals surface area contributed by atoms with Gasteiger partial charge in [0.05, 0.1) is 22.2 Å². The Bertz CT molecular complexity index is 1000. The zero-order chi connectivity index (χ0) is 22.8. The summed E-state index contributed by atoms with van der Waals surface area (Å²) < 4.78 is 0. The number of aryl methyl sites for hydroxylation is 1. The number of thiazole rings is 1. The van der Waals surface area contributed by atoms with Crippen LogP contribution in [-0.2, 0) is 16.1 Å².